The molecule has 1 amide bonds. The minimum absolute atomic E-state index is 0.00177. The van der Waals surface area contributed by atoms with E-state index in [1.165, 1.54) is 17.2 Å². The number of amides is 1. The zero-order valence-electron chi connectivity index (χ0n) is 19.1. The van der Waals surface area contributed by atoms with Crippen LogP contribution < -0.4 is 10.9 Å². The van der Waals surface area contributed by atoms with Crippen molar-refractivity contribution in [2.75, 3.05) is 13.2 Å². The van der Waals surface area contributed by atoms with Crippen LogP contribution in [0.25, 0.3) is 22.1 Å². The Labute approximate surface area is 206 Å². The topological polar surface area (TPSA) is 106 Å². The number of alkyl carbamates (subject to hydrolysis) is 1. The van der Waals surface area contributed by atoms with Gasteiger partial charge in [-0.25, -0.2) is 14.4 Å². The molecule has 7 heteroatoms. The first-order chi connectivity index (χ1) is 17.5. The predicted molar refractivity (Wildman–Crippen MR) is 134 cm³/mol. The second-order valence-corrected chi connectivity index (χ2v) is 8.31. The van der Waals surface area contributed by atoms with E-state index in [0.29, 0.717) is 23.9 Å². The van der Waals surface area contributed by atoms with Crippen LogP contribution in [0.1, 0.15) is 39.4 Å². The van der Waals surface area contributed by atoms with Gasteiger partial charge in [-0.3, -0.25) is 0 Å². The molecule has 0 fully saturated rings. The normalized spacial score (nSPS) is 11.8. The molecule has 4 aromatic rings. The summed E-state index contributed by atoms with van der Waals surface area (Å²) in [6.45, 7) is 0.562. The highest BCUT2D eigenvalue weighted by molar-refractivity contribution is 5.91. The lowest BCUT2D eigenvalue weighted by Crippen LogP contribution is -2.26. The number of hydrogen-bond acceptors (Lipinski definition) is 5. The summed E-state index contributed by atoms with van der Waals surface area (Å²) in [5.41, 5.74) is 4.25. The van der Waals surface area contributed by atoms with Gasteiger partial charge in [0.25, 0.3) is 0 Å². The van der Waals surface area contributed by atoms with Crippen LogP contribution in [0.4, 0.5) is 4.79 Å². The average Bonchev–Trinajstić information content (AvgIpc) is 3.20. The van der Waals surface area contributed by atoms with E-state index in [4.69, 9.17) is 14.3 Å². The highest BCUT2D eigenvalue weighted by Crippen LogP contribution is 2.44. The minimum atomic E-state index is -1.35. The molecule has 178 valence electrons. The van der Waals surface area contributed by atoms with Gasteiger partial charge in [0.1, 0.15) is 17.8 Å². The van der Waals surface area contributed by atoms with Crippen molar-refractivity contribution in [3.05, 3.63) is 105 Å². The van der Waals surface area contributed by atoms with Crippen LogP contribution in [0.15, 0.2) is 82.0 Å². The molecule has 0 saturated carbocycles. The van der Waals surface area contributed by atoms with E-state index in [0.717, 1.165) is 11.1 Å². The second-order valence-electron chi connectivity index (χ2n) is 8.31. The highest BCUT2D eigenvalue weighted by Gasteiger charge is 2.28. The smallest absolute Gasteiger partial charge is 0.407 e. The van der Waals surface area contributed by atoms with E-state index in [1.54, 1.807) is 18.2 Å². The summed E-state index contributed by atoms with van der Waals surface area (Å²) in [5.74, 6) is 4.58. The fourth-order valence-electron chi connectivity index (χ4n) is 4.39. The Balaban J connectivity index is 1.15. The van der Waals surface area contributed by atoms with Crippen molar-refractivity contribution in [2.24, 2.45) is 0 Å². The monoisotopic (exact) mass is 479 g/mol. The molecule has 0 aliphatic heterocycles. The molecule has 1 aromatic heterocycles. The summed E-state index contributed by atoms with van der Waals surface area (Å²) >= 11 is 0. The van der Waals surface area contributed by atoms with Crippen LogP contribution in [0, 0.1) is 11.8 Å². The number of benzene rings is 3. The van der Waals surface area contributed by atoms with E-state index in [9.17, 15) is 14.4 Å². The first-order valence-electron chi connectivity index (χ1n) is 11.4. The van der Waals surface area contributed by atoms with E-state index in [-0.39, 0.29) is 18.1 Å². The Morgan fingerprint density at radius 1 is 0.972 bits per heavy atom. The summed E-state index contributed by atoms with van der Waals surface area (Å²) in [6.07, 6.45) is -0.104. The number of rotatable bonds is 5. The quantitative estimate of drug-likeness (QED) is 0.243. The van der Waals surface area contributed by atoms with Crippen LogP contribution in [-0.2, 0) is 4.74 Å². The number of fused-ring (bicyclic) bond motifs is 4. The summed E-state index contributed by atoms with van der Waals surface area (Å²) in [5, 5.41) is 12.3. The van der Waals surface area contributed by atoms with Gasteiger partial charge in [-0.15, -0.1) is 0 Å². The molecule has 0 saturated heterocycles. The highest BCUT2D eigenvalue weighted by atomic mass is 16.5. The molecule has 0 unspecified atom stereocenters. The Hall–Kier alpha value is -4.83. The van der Waals surface area contributed by atoms with Gasteiger partial charge >= 0.3 is 17.7 Å². The third-order valence-electron chi connectivity index (χ3n) is 6.06. The molecule has 3 aromatic carbocycles. The number of carboxylic acid groups (broad SMARTS) is 1. The van der Waals surface area contributed by atoms with Crippen molar-refractivity contribution in [1.82, 2.24) is 5.32 Å². The van der Waals surface area contributed by atoms with E-state index < -0.39 is 23.3 Å². The fourth-order valence-corrected chi connectivity index (χ4v) is 4.39. The van der Waals surface area contributed by atoms with Crippen molar-refractivity contribution in [1.29, 1.82) is 0 Å². The lowest BCUT2D eigenvalue weighted by molar-refractivity contribution is 0.0692. The number of nitrogens with one attached hydrogen (secondary N) is 1. The maximum atomic E-state index is 12.3. The maximum Gasteiger partial charge on any atom is 0.407 e. The summed E-state index contributed by atoms with van der Waals surface area (Å²) in [7, 11) is 0. The molecule has 0 spiro atoms. The Morgan fingerprint density at radius 2 is 1.67 bits per heavy atom. The van der Waals surface area contributed by atoms with Crippen LogP contribution in [-0.4, -0.2) is 30.3 Å². The fraction of sp³-hybridized carbons (Fsp3) is 0.138. The van der Waals surface area contributed by atoms with Gasteiger partial charge in [0.05, 0.1) is 0 Å². The molecule has 0 radical (unpaired) electrons. The summed E-state index contributed by atoms with van der Waals surface area (Å²) in [6, 6.07) is 22.5. The molecule has 0 atom stereocenters. The van der Waals surface area contributed by atoms with E-state index >= 15 is 0 Å². The number of carbonyl (C=O) groups excluding carboxylic acids is 1. The lowest BCUT2D eigenvalue weighted by Gasteiger charge is -2.14. The van der Waals surface area contributed by atoms with Gasteiger partial charge in [0.15, 0.2) is 0 Å². The van der Waals surface area contributed by atoms with Gasteiger partial charge in [-0.05, 0) is 46.5 Å². The van der Waals surface area contributed by atoms with Crippen molar-refractivity contribution in [3.8, 4) is 23.0 Å². The molecule has 1 aliphatic carbocycles. The average molecular weight is 479 g/mol. The van der Waals surface area contributed by atoms with Crippen molar-refractivity contribution in [2.45, 2.75) is 12.3 Å². The van der Waals surface area contributed by atoms with Crippen LogP contribution >= 0.6 is 0 Å². The third-order valence-corrected chi connectivity index (χ3v) is 6.06. The van der Waals surface area contributed by atoms with Crippen molar-refractivity contribution < 1.29 is 23.8 Å². The number of ether oxygens (including phenoxy) is 1. The number of carboxylic acids is 1. The second kappa shape index (κ2) is 9.80. The van der Waals surface area contributed by atoms with Crippen molar-refractivity contribution in [3.63, 3.8) is 0 Å². The molecular weight excluding hydrogens is 458 g/mol. The van der Waals surface area contributed by atoms with E-state index in [2.05, 4.69) is 41.4 Å². The summed E-state index contributed by atoms with van der Waals surface area (Å²) in [4.78, 5) is 35.1. The first-order valence-corrected chi connectivity index (χ1v) is 11.4. The van der Waals surface area contributed by atoms with Gasteiger partial charge in [0.2, 0.25) is 0 Å². The number of aromatic carboxylic acids is 1. The third kappa shape index (κ3) is 4.57. The first kappa shape index (κ1) is 22.9. The zero-order chi connectivity index (χ0) is 25.1. The van der Waals surface area contributed by atoms with Crippen molar-refractivity contribution >= 4 is 23.0 Å². The van der Waals surface area contributed by atoms with Gasteiger partial charge in [0, 0.05) is 29.8 Å². The molecule has 7 nitrogen and oxygen atoms in total. The maximum absolute atomic E-state index is 12.3. The van der Waals surface area contributed by atoms with Gasteiger partial charge < -0.3 is 19.6 Å². The SMILES string of the molecule is O=C(NCCC#Cc1ccc2oc(=O)c(C(=O)O)cc2c1)OCC1c2ccccc2-c2ccccc21. The molecular formula is C29H21NO6. The predicted octanol–water partition coefficient (Wildman–Crippen LogP) is 4.77. The molecule has 1 heterocycles. The van der Waals surface area contributed by atoms with Crippen LogP contribution in [0.2, 0.25) is 0 Å². The molecule has 2 N–H and O–H groups in total. The largest absolute Gasteiger partial charge is 0.477 e. The molecule has 1 aliphatic rings. The van der Waals surface area contributed by atoms with Gasteiger partial charge in [-0.2, -0.15) is 0 Å². The summed E-state index contributed by atoms with van der Waals surface area (Å²) < 4.78 is 10.5. The number of hydrogen-bond donors (Lipinski definition) is 2. The molecule has 0 bridgehead atoms. The standard InChI is InChI=1S/C29H21NO6/c31-27(32)24-16-19-15-18(12-13-26(19)36-28(24)33)7-5-6-14-30-29(34)35-17-25-22-10-3-1-8-20(22)21-9-2-4-11-23(21)25/h1-4,8-13,15-16,25H,6,14,17H2,(H,30,34)(H,31,32). The Bertz CT molecular complexity index is 1560. The lowest BCUT2D eigenvalue weighted by atomic mass is 9.98. The minimum Gasteiger partial charge on any atom is -0.477 e. The van der Waals surface area contributed by atoms with Gasteiger partial charge in [-0.1, -0.05) is 60.4 Å². The number of carbonyl (C=O) groups is 2. The van der Waals surface area contributed by atoms with E-state index in [1.807, 2.05) is 24.3 Å². The zero-order valence-corrected chi connectivity index (χ0v) is 19.1. The molecule has 5 rings (SSSR count). The Kier molecular flexibility index (Phi) is 6.25. The van der Waals surface area contributed by atoms with Crippen LogP contribution in [0.5, 0.6) is 0 Å². The molecule has 36 heavy (non-hydrogen) atoms. The Morgan fingerprint density at radius 3 is 2.36 bits per heavy atom. The van der Waals surface area contributed by atoms with Crippen LogP contribution in [0.3, 0.4) is 0 Å².